The number of benzene rings is 2. The summed E-state index contributed by atoms with van der Waals surface area (Å²) in [5.74, 6) is 2.17. The van der Waals surface area contributed by atoms with Crippen LogP contribution in [0.25, 0.3) is 11.1 Å². The van der Waals surface area contributed by atoms with Crippen molar-refractivity contribution in [1.29, 1.82) is 0 Å². The average Bonchev–Trinajstić information content (AvgIpc) is 2.84. The number of primary amides is 1. The fraction of sp³-hybridized carbons (Fsp3) is 0.536. The zero-order valence-corrected chi connectivity index (χ0v) is 21.0. The summed E-state index contributed by atoms with van der Waals surface area (Å²) in [5, 5.41) is 0. The quantitative estimate of drug-likeness (QED) is 0.646. The van der Waals surface area contributed by atoms with Gasteiger partial charge < -0.3 is 10.6 Å². The molecule has 0 radical (unpaired) electrons. The maximum absolute atomic E-state index is 13.4. The van der Waals surface area contributed by atoms with Crippen LogP contribution in [0.5, 0.6) is 0 Å². The van der Waals surface area contributed by atoms with Gasteiger partial charge in [-0.2, -0.15) is 4.31 Å². The molecule has 1 saturated heterocycles. The lowest BCUT2D eigenvalue weighted by Gasteiger charge is -2.61. The molecule has 0 unspecified atom stereocenters. The fourth-order valence-electron chi connectivity index (χ4n) is 8.10. The zero-order chi connectivity index (χ0) is 24.2. The Hall–Kier alpha value is -2.38. The van der Waals surface area contributed by atoms with Crippen LogP contribution in [0.1, 0.15) is 51.4 Å². The lowest BCUT2D eigenvalue weighted by Crippen LogP contribution is -2.66. The number of carbonyl (C=O) groups excluding carboxylic acids is 1. The molecule has 7 heteroatoms. The standard InChI is InChI=1S/C28H35N3O3S/c29-27(32)31(28-17-20-14-21(18-28)16-22(15-20)19-28)25-10-12-30(13-11-25)35(33,34)26-8-6-24(7-9-26)23-4-2-1-3-5-23/h1-9,20-22,25H,10-19H2,(H2,29,32). The molecular weight excluding hydrogens is 458 g/mol. The van der Waals surface area contributed by atoms with Crippen molar-refractivity contribution in [2.45, 2.75) is 67.8 Å². The molecule has 6 nitrogen and oxygen atoms in total. The number of urea groups is 1. The second-order valence-corrected chi connectivity index (χ2v) is 13.3. The minimum Gasteiger partial charge on any atom is -0.351 e. The van der Waals surface area contributed by atoms with Gasteiger partial charge >= 0.3 is 6.03 Å². The summed E-state index contributed by atoms with van der Waals surface area (Å²) in [6.07, 6.45) is 8.46. The molecule has 2 aromatic carbocycles. The number of rotatable bonds is 5. The van der Waals surface area contributed by atoms with Crippen molar-refractivity contribution >= 4 is 16.1 Å². The maximum atomic E-state index is 13.4. The molecule has 0 aromatic heterocycles. The molecule has 0 atom stereocenters. The minimum absolute atomic E-state index is 0.0238. The summed E-state index contributed by atoms with van der Waals surface area (Å²) in [6, 6.07) is 16.8. The summed E-state index contributed by atoms with van der Waals surface area (Å²) >= 11 is 0. The van der Waals surface area contributed by atoms with Crippen LogP contribution < -0.4 is 5.73 Å². The molecule has 1 aliphatic heterocycles. The Bertz CT molecular complexity index is 1150. The molecule has 2 amide bonds. The smallest absolute Gasteiger partial charge is 0.315 e. The number of nitrogens with zero attached hydrogens (tertiary/aromatic N) is 2. The highest BCUT2D eigenvalue weighted by Crippen LogP contribution is 2.58. The number of piperidine rings is 1. The molecule has 2 aromatic rings. The Labute approximate surface area is 208 Å². The lowest BCUT2D eigenvalue weighted by atomic mass is 9.52. The van der Waals surface area contributed by atoms with Crippen LogP contribution in [0.4, 0.5) is 4.79 Å². The molecule has 186 valence electrons. The molecule has 5 fully saturated rings. The van der Waals surface area contributed by atoms with E-state index in [4.69, 9.17) is 5.73 Å². The predicted molar refractivity (Wildman–Crippen MR) is 136 cm³/mol. The summed E-state index contributed by atoms with van der Waals surface area (Å²) in [4.78, 5) is 15.1. The number of sulfonamides is 1. The van der Waals surface area contributed by atoms with Crippen molar-refractivity contribution in [2.24, 2.45) is 23.5 Å². The first-order valence-electron chi connectivity index (χ1n) is 13.1. The van der Waals surface area contributed by atoms with E-state index in [2.05, 4.69) is 0 Å². The van der Waals surface area contributed by atoms with Gasteiger partial charge in [0.1, 0.15) is 0 Å². The molecule has 4 bridgehead atoms. The van der Waals surface area contributed by atoms with Crippen molar-refractivity contribution in [3.05, 3.63) is 54.6 Å². The normalized spacial score (nSPS) is 30.9. The van der Waals surface area contributed by atoms with E-state index in [0.717, 1.165) is 48.1 Å². The Morgan fingerprint density at radius 3 is 1.86 bits per heavy atom. The van der Waals surface area contributed by atoms with Gasteiger partial charge in [0.2, 0.25) is 10.0 Å². The molecular formula is C28H35N3O3S. The third-order valence-electron chi connectivity index (χ3n) is 9.14. The van der Waals surface area contributed by atoms with Crippen molar-refractivity contribution in [1.82, 2.24) is 9.21 Å². The lowest BCUT2D eigenvalue weighted by molar-refractivity contribution is -0.0865. The van der Waals surface area contributed by atoms with Crippen LogP contribution in [-0.4, -0.2) is 48.3 Å². The molecule has 7 rings (SSSR count). The van der Waals surface area contributed by atoms with Crippen molar-refractivity contribution < 1.29 is 13.2 Å². The van der Waals surface area contributed by atoms with Gasteiger partial charge in [-0.15, -0.1) is 0 Å². The van der Waals surface area contributed by atoms with Gasteiger partial charge in [-0.1, -0.05) is 42.5 Å². The van der Waals surface area contributed by atoms with Crippen molar-refractivity contribution in [3.63, 3.8) is 0 Å². The van der Waals surface area contributed by atoms with Crippen LogP contribution in [0.3, 0.4) is 0 Å². The highest BCUT2D eigenvalue weighted by molar-refractivity contribution is 7.89. The first kappa shape index (κ1) is 23.0. The third-order valence-corrected chi connectivity index (χ3v) is 11.1. The zero-order valence-electron chi connectivity index (χ0n) is 20.2. The summed E-state index contributed by atoms with van der Waals surface area (Å²) in [7, 11) is -3.58. The van der Waals surface area contributed by atoms with Crippen LogP contribution in [0, 0.1) is 17.8 Å². The highest BCUT2D eigenvalue weighted by atomic mass is 32.2. The minimum atomic E-state index is -3.58. The Kier molecular flexibility index (Phi) is 5.68. The topological polar surface area (TPSA) is 83.7 Å². The largest absolute Gasteiger partial charge is 0.351 e. The molecule has 5 aliphatic rings. The number of amides is 2. The van der Waals surface area contributed by atoms with Gasteiger partial charge in [-0.25, -0.2) is 13.2 Å². The monoisotopic (exact) mass is 493 g/mol. The maximum Gasteiger partial charge on any atom is 0.315 e. The molecule has 4 saturated carbocycles. The summed E-state index contributed by atoms with van der Waals surface area (Å²) < 4.78 is 28.4. The van der Waals surface area contributed by atoms with Crippen LogP contribution in [-0.2, 0) is 10.0 Å². The Morgan fingerprint density at radius 1 is 0.829 bits per heavy atom. The van der Waals surface area contributed by atoms with Gasteiger partial charge in [-0.05, 0) is 92.4 Å². The van der Waals surface area contributed by atoms with E-state index in [1.807, 2.05) is 47.4 Å². The Morgan fingerprint density at radius 2 is 1.34 bits per heavy atom. The number of hydrogen-bond donors (Lipinski definition) is 1. The predicted octanol–water partition coefficient (Wildman–Crippen LogP) is 4.86. The summed E-state index contributed by atoms with van der Waals surface area (Å²) in [5.41, 5.74) is 7.98. The van der Waals surface area contributed by atoms with Crippen LogP contribution >= 0.6 is 0 Å². The van der Waals surface area contributed by atoms with Crippen molar-refractivity contribution in [2.75, 3.05) is 13.1 Å². The first-order valence-corrected chi connectivity index (χ1v) is 14.5. The molecule has 1 heterocycles. The van der Waals surface area contributed by atoms with E-state index in [-0.39, 0.29) is 17.6 Å². The van der Waals surface area contributed by atoms with E-state index >= 15 is 0 Å². The van der Waals surface area contributed by atoms with Gasteiger partial charge in [0.05, 0.1) is 4.90 Å². The average molecular weight is 494 g/mol. The van der Waals surface area contributed by atoms with E-state index in [1.165, 1.54) is 19.3 Å². The molecule has 35 heavy (non-hydrogen) atoms. The van der Waals surface area contributed by atoms with Gasteiger partial charge in [0.25, 0.3) is 0 Å². The number of nitrogens with two attached hydrogens (primary N) is 1. The van der Waals surface area contributed by atoms with Gasteiger partial charge in [0, 0.05) is 24.7 Å². The Balaban J connectivity index is 1.16. The second-order valence-electron chi connectivity index (χ2n) is 11.4. The van der Waals surface area contributed by atoms with E-state index < -0.39 is 10.0 Å². The number of hydrogen-bond acceptors (Lipinski definition) is 3. The number of carbonyl (C=O) groups is 1. The van der Waals surface area contributed by atoms with Gasteiger partial charge in [0.15, 0.2) is 0 Å². The SMILES string of the molecule is NC(=O)N(C1CCN(S(=O)(=O)c2ccc(-c3ccccc3)cc2)CC1)C12CC3CC(CC(C3)C1)C2. The van der Waals surface area contributed by atoms with Crippen LogP contribution in [0.15, 0.2) is 59.5 Å². The van der Waals surface area contributed by atoms with Gasteiger partial charge in [-0.3, -0.25) is 0 Å². The first-order chi connectivity index (χ1) is 16.8. The highest BCUT2D eigenvalue weighted by Gasteiger charge is 2.56. The fourth-order valence-corrected chi connectivity index (χ4v) is 9.57. The molecule has 0 spiro atoms. The molecule has 2 N–H and O–H groups in total. The van der Waals surface area contributed by atoms with E-state index in [9.17, 15) is 13.2 Å². The van der Waals surface area contributed by atoms with E-state index in [1.54, 1.807) is 16.4 Å². The molecule has 4 aliphatic carbocycles. The van der Waals surface area contributed by atoms with Crippen LogP contribution in [0.2, 0.25) is 0 Å². The van der Waals surface area contributed by atoms with E-state index in [0.29, 0.717) is 30.8 Å². The third kappa shape index (κ3) is 4.06. The second kappa shape index (κ2) is 8.63. The van der Waals surface area contributed by atoms with Crippen molar-refractivity contribution in [3.8, 4) is 11.1 Å². The summed E-state index contributed by atoms with van der Waals surface area (Å²) in [6.45, 7) is 0.840.